The fraction of sp³-hybridized carbons (Fsp3) is 0.250. The molecule has 0 aromatic carbocycles. The van der Waals surface area contributed by atoms with Crippen molar-refractivity contribution >= 4 is 22.6 Å². The molecule has 0 N–H and O–H groups in total. The van der Waals surface area contributed by atoms with Gasteiger partial charge in [-0.05, 0) is 28.7 Å². The van der Waals surface area contributed by atoms with Gasteiger partial charge in [0.1, 0.15) is 3.70 Å². The number of alkyl halides is 2. The van der Waals surface area contributed by atoms with Crippen LogP contribution in [0.3, 0.4) is 0 Å². The van der Waals surface area contributed by atoms with Crippen LogP contribution in [0, 0.1) is 21.0 Å². The molecule has 0 atom stereocenters. The maximum Gasteiger partial charge on any atom is 0.264 e. The van der Waals surface area contributed by atoms with Crippen molar-refractivity contribution in [3.63, 3.8) is 0 Å². The predicted octanol–water partition coefficient (Wildman–Crippen LogP) is 2.83. The molecule has 6 heteroatoms. The lowest BCUT2D eigenvalue weighted by atomic mass is 10.1. The molecule has 0 saturated carbocycles. The summed E-state index contributed by atoms with van der Waals surface area (Å²) in [6, 6.07) is 2.71. The zero-order chi connectivity index (χ0) is 10.7. The number of nitrogens with zero attached hydrogens (tertiary/aromatic N) is 2. The Bertz CT molecular complexity index is 387. The summed E-state index contributed by atoms with van der Waals surface area (Å²) < 4.78 is 38.0. The lowest BCUT2D eigenvalue weighted by Crippen LogP contribution is -2.02. The Morgan fingerprint density at radius 3 is 2.71 bits per heavy atom. The highest BCUT2D eigenvalue weighted by atomic mass is 127. The molecule has 1 rings (SSSR count). The minimum atomic E-state index is -2.79. The summed E-state index contributed by atoms with van der Waals surface area (Å²) in [5.74, 6) is -0.992. The van der Waals surface area contributed by atoms with Crippen molar-refractivity contribution in [1.29, 1.82) is 5.26 Å². The van der Waals surface area contributed by atoms with Crippen LogP contribution in [0.2, 0.25) is 0 Å². The van der Waals surface area contributed by atoms with Gasteiger partial charge >= 0.3 is 0 Å². The second kappa shape index (κ2) is 4.59. The highest BCUT2D eigenvalue weighted by Gasteiger charge is 2.18. The number of hydrogen-bond donors (Lipinski definition) is 0. The first-order chi connectivity index (χ1) is 6.56. The standard InChI is InChI=1S/C8H4F3IN2/c9-7(10)5-3-6(12)14-8(11)4(5)1-2-13/h3,7H,1H2. The third-order valence-electron chi connectivity index (χ3n) is 1.57. The van der Waals surface area contributed by atoms with Crippen LogP contribution in [0.25, 0.3) is 0 Å². The monoisotopic (exact) mass is 312 g/mol. The van der Waals surface area contributed by atoms with Gasteiger partial charge in [-0.3, -0.25) is 0 Å². The Balaban J connectivity index is 3.30. The van der Waals surface area contributed by atoms with E-state index in [1.54, 1.807) is 28.7 Å². The van der Waals surface area contributed by atoms with E-state index in [2.05, 4.69) is 4.98 Å². The molecule has 1 aromatic heterocycles. The fourth-order valence-corrected chi connectivity index (χ4v) is 1.52. The molecule has 0 aliphatic carbocycles. The van der Waals surface area contributed by atoms with E-state index in [4.69, 9.17) is 5.26 Å². The SMILES string of the molecule is N#CCc1c(C(F)F)cc(I)nc1F. The number of aromatic nitrogens is 1. The van der Waals surface area contributed by atoms with Crippen molar-refractivity contribution in [2.24, 2.45) is 0 Å². The van der Waals surface area contributed by atoms with E-state index in [1.165, 1.54) is 0 Å². The van der Waals surface area contributed by atoms with Gasteiger partial charge in [0.25, 0.3) is 6.43 Å². The van der Waals surface area contributed by atoms with Crippen molar-refractivity contribution in [2.45, 2.75) is 12.8 Å². The lowest BCUT2D eigenvalue weighted by Gasteiger charge is -2.06. The van der Waals surface area contributed by atoms with Gasteiger partial charge in [-0.25, -0.2) is 13.8 Å². The molecule has 0 spiro atoms. The van der Waals surface area contributed by atoms with Crippen molar-refractivity contribution in [3.8, 4) is 6.07 Å². The van der Waals surface area contributed by atoms with Crippen LogP contribution < -0.4 is 0 Å². The normalized spacial score (nSPS) is 10.3. The van der Waals surface area contributed by atoms with Crippen LogP contribution in [0.4, 0.5) is 13.2 Å². The Labute approximate surface area is 91.9 Å². The Morgan fingerprint density at radius 1 is 1.57 bits per heavy atom. The van der Waals surface area contributed by atoms with E-state index in [1.807, 2.05) is 0 Å². The van der Waals surface area contributed by atoms with Crippen molar-refractivity contribution in [1.82, 2.24) is 4.98 Å². The van der Waals surface area contributed by atoms with E-state index in [0.29, 0.717) is 0 Å². The molecule has 0 bridgehead atoms. The molecule has 74 valence electrons. The number of hydrogen-bond acceptors (Lipinski definition) is 2. The van der Waals surface area contributed by atoms with Crippen LogP contribution in [-0.2, 0) is 6.42 Å². The van der Waals surface area contributed by atoms with Gasteiger partial charge in [-0.2, -0.15) is 9.65 Å². The summed E-state index contributed by atoms with van der Waals surface area (Å²) in [5.41, 5.74) is -0.772. The third kappa shape index (κ3) is 2.35. The highest BCUT2D eigenvalue weighted by Crippen LogP contribution is 2.25. The van der Waals surface area contributed by atoms with Gasteiger partial charge in [-0.15, -0.1) is 0 Å². The summed E-state index contributed by atoms with van der Waals surface area (Å²) in [4.78, 5) is 3.37. The zero-order valence-corrected chi connectivity index (χ0v) is 8.93. The van der Waals surface area contributed by atoms with Crippen molar-refractivity contribution in [3.05, 3.63) is 26.8 Å². The summed E-state index contributed by atoms with van der Waals surface area (Å²) in [5, 5.41) is 8.33. The second-order valence-electron chi connectivity index (χ2n) is 2.44. The van der Waals surface area contributed by atoms with Gasteiger partial charge in [0.2, 0.25) is 5.95 Å². The van der Waals surface area contributed by atoms with Gasteiger partial charge < -0.3 is 0 Å². The maximum absolute atomic E-state index is 13.1. The molecule has 0 amide bonds. The summed E-state index contributed by atoms with van der Waals surface area (Å²) in [7, 11) is 0. The molecule has 0 fully saturated rings. The quantitative estimate of drug-likeness (QED) is 0.622. The molecule has 0 saturated heterocycles. The molecule has 0 radical (unpaired) electrons. The van der Waals surface area contributed by atoms with E-state index in [0.717, 1.165) is 6.07 Å². The molecular formula is C8H4F3IN2. The van der Waals surface area contributed by atoms with Gasteiger partial charge in [-0.1, -0.05) is 0 Å². The van der Waals surface area contributed by atoms with Crippen LogP contribution in [0.1, 0.15) is 17.6 Å². The first-order valence-electron chi connectivity index (χ1n) is 3.56. The molecule has 0 aliphatic rings. The average molecular weight is 312 g/mol. The van der Waals surface area contributed by atoms with Crippen LogP contribution >= 0.6 is 22.6 Å². The Morgan fingerprint density at radius 2 is 2.21 bits per heavy atom. The highest BCUT2D eigenvalue weighted by molar-refractivity contribution is 14.1. The van der Waals surface area contributed by atoms with Crippen LogP contribution in [-0.4, -0.2) is 4.98 Å². The molecule has 14 heavy (non-hydrogen) atoms. The number of nitriles is 1. The summed E-state index contributed by atoms with van der Waals surface area (Å²) in [6.07, 6.45) is -3.18. The summed E-state index contributed by atoms with van der Waals surface area (Å²) in [6.45, 7) is 0. The summed E-state index contributed by atoms with van der Waals surface area (Å²) >= 11 is 1.64. The first-order valence-corrected chi connectivity index (χ1v) is 4.64. The van der Waals surface area contributed by atoms with Crippen LogP contribution in [0.5, 0.6) is 0 Å². The number of pyridine rings is 1. The smallest absolute Gasteiger partial charge is 0.213 e. The zero-order valence-electron chi connectivity index (χ0n) is 6.77. The average Bonchev–Trinajstić information content (AvgIpc) is 2.09. The van der Waals surface area contributed by atoms with E-state index < -0.39 is 24.4 Å². The van der Waals surface area contributed by atoms with Gasteiger partial charge in [0, 0.05) is 11.1 Å². The Hall–Kier alpha value is -0.840. The molecule has 0 aliphatic heterocycles. The topological polar surface area (TPSA) is 36.7 Å². The number of halogens is 4. The number of rotatable bonds is 2. The largest absolute Gasteiger partial charge is 0.264 e. The van der Waals surface area contributed by atoms with E-state index in [-0.39, 0.29) is 9.26 Å². The minimum absolute atomic E-state index is 0.150. The Kier molecular flexibility index (Phi) is 3.69. The predicted molar refractivity (Wildman–Crippen MR) is 51.2 cm³/mol. The van der Waals surface area contributed by atoms with E-state index >= 15 is 0 Å². The molecule has 1 aromatic rings. The third-order valence-corrected chi connectivity index (χ3v) is 2.12. The minimum Gasteiger partial charge on any atom is -0.213 e. The molecular weight excluding hydrogens is 308 g/mol. The maximum atomic E-state index is 13.1. The van der Waals surface area contributed by atoms with Gasteiger partial charge in [0.15, 0.2) is 0 Å². The fourth-order valence-electron chi connectivity index (χ4n) is 0.977. The van der Waals surface area contributed by atoms with E-state index in [9.17, 15) is 13.2 Å². The van der Waals surface area contributed by atoms with Crippen LogP contribution in [0.15, 0.2) is 6.07 Å². The second-order valence-corrected chi connectivity index (χ2v) is 3.54. The lowest BCUT2D eigenvalue weighted by molar-refractivity contribution is 0.149. The first kappa shape index (κ1) is 11.2. The molecule has 2 nitrogen and oxygen atoms in total. The molecule has 1 heterocycles. The van der Waals surface area contributed by atoms with Gasteiger partial charge in [0.05, 0.1) is 12.5 Å². The van der Waals surface area contributed by atoms with Crippen molar-refractivity contribution in [2.75, 3.05) is 0 Å². The van der Waals surface area contributed by atoms with Crippen molar-refractivity contribution < 1.29 is 13.2 Å². The molecule has 0 unspecified atom stereocenters.